The van der Waals surface area contributed by atoms with Gasteiger partial charge in [-0.1, -0.05) is 0 Å². The van der Waals surface area contributed by atoms with Crippen molar-refractivity contribution in [3.05, 3.63) is 24.5 Å². The molecule has 0 amide bonds. The van der Waals surface area contributed by atoms with E-state index in [1.165, 1.54) is 4.90 Å². The van der Waals surface area contributed by atoms with Crippen molar-refractivity contribution in [3.63, 3.8) is 0 Å². The molecule has 0 saturated heterocycles. The molecule has 0 saturated carbocycles. The van der Waals surface area contributed by atoms with Crippen molar-refractivity contribution in [1.29, 1.82) is 5.26 Å². The Morgan fingerprint density at radius 1 is 1.69 bits per heavy atom. The minimum absolute atomic E-state index is 0.0506. The third-order valence-electron chi connectivity index (χ3n) is 1.77. The van der Waals surface area contributed by atoms with Gasteiger partial charge in [-0.15, -0.1) is 0 Å². The lowest BCUT2D eigenvalue weighted by Gasteiger charge is -2.14. The maximum absolute atomic E-state index is 9.05. The third kappa shape index (κ3) is 3.22. The second-order valence-corrected chi connectivity index (χ2v) is 3.19. The molecule has 1 aromatic rings. The molecule has 0 aromatic carbocycles. The summed E-state index contributed by atoms with van der Waals surface area (Å²) >= 11 is 0. The van der Waals surface area contributed by atoms with Gasteiger partial charge < -0.3 is 10.8 Å². The first-order valence-corrected chi connectivity index (χ1v) is 4.73. The van der Waals surface area contributed by atoms with Gasteiger partial charge in [0, 0.05) is 12.4 Å². The number of nitrogens with two attached hydrogens (primary N) is 1. The van der Waals surface area contributed by atoms with Gasteiger partial charge in [0.25, 0.3) is 0 Å². The van der Waals surface area contributed by atoms with Crippen LogP contribution in [-0.2, 0) is 0 Å². The lowest BCUT2D eigenvalue weighted by atomic mass is 10.4. The Hall–Kier alpha value is -2.13. The Balaban J connectivity index is 2.84. The van der Waals surface area contributed by atoms with E-state index in [9.17, 15) is 0 Å². The van der Waals surface area contributed by atoms with Gasteiger partial charge in [-0.2, -0.15) is 5.26 Å². The number of nitriles is 1. The van der Waals surface area contributed by atoms with Crippen LogP contribution in [-0.4, -0.2) is 28.7 Å². The Kier molecular flexibility index (Phi) is 4.24. The predicted molar refractivity (Wildman–Crippen MR) is 60.5 cm³/mol. The lowest BCUT2D eigenvalue weighted by Crippen LogP contribution is -2.34. The molecule has 6 heteroatoms. The predicted octanol–water partition coefficient (Wildman–Crippen LogP) is 0.0646. The lowest BCUT2D eigenvalue weighted by molar-refractivity contribution is 0.204. The van der Waals surface area contributed by atoms with E-state index in [0.29, 0.717) is 5.69 Å². The van der Waals surface area contributed by atoms with E-state index in [-0.39, 0.29) is 12.5 Å². The fraction of sp³-hybridized carbons (Fsp3) is 0.300. The van der Waals surface area contributed by atoms with Crippen LogP contribution in [0.1, 0.15) is 6.92 Å². The highest BCUT2D eigenvalue weighted by atomic mass is 16.3. The number of pyridine rings is 1. The quantitative estimate of drug-likeness (QED) is 0.324. The van der Waals surface area contributed by atoms with E-state index in [2.05, 4.69) is 9.98 Å². The van der Waals surface area contributed by atoms with E-state index in [0.717, 1.165) is 0 Å². The first-order chi connectivity index (χ1) is 7.65. The molecule has 6 nitrogen and oxygen atoms in total. The maximum atomic E-state index is 9.05. The summed E-state index contributed by atoms with van der Waals surface area (Å²) in [5.74, 6) is 0.0506. The van der Waals surface area contributed by atoms with Gasteiger partial charge in [-0.25, -0.2) is 9.89 Å². The Morgan fingerprint density at radius 3 is 2.81 bits per heavy atom. The van der Waals surface area contributed by atoms with Crippen LogP contribution in [0.3, 0.4) is 0 Å². The Morgan fingerprint density at radius 2 is 2.31 bits per heavy atom. The van der Waals surface area contributed by atoms with Crippen molar-refractivity contribution in [2.75, 3.05) is 11.4 Å². The zero-order valence-corrected chi connectivity index (χ0v) is 8.91. The fourth-order valence-corrected chi connectivity index (χ4v) is 1.03. The largest absolute Gasteiger partial charge is 0.391 e. The fourth-order valence-electron chi connectivity index (χ4n) is 1.03. The van der Waals surface area contributed by atoms with Gasteiger partial charge in [0.2, 0.25) is 5.96 Å². The molecule has 0 spiro atoms. The second kappa shape index (κ2) is 5.68. The minimum atomic E-state index is -0.587. The summed E-state index contributed by atoms with van der Waals surface area (Å²) < 4.78 is 0. The first kappa shape index (κ1) is 11.9. The standard InChI is InChI=1S/C10H13N5O/c1-8(16)6-14-10(12)15(7-11)9-2-4-13-5-3-9/h2-5,8,16H,6H2,1H3,(H2,12,14). The smallest absolute Gasteiger partial charge is 0.209 e. The summed E-state index contributed by atoms with van der Waals surface area (Å²) in [7, 11) is 0. The van der Waals surface area contributed by atoms with Crippen LogP contribution < -0.4 is 10.6 Å². The molecule has 0 fully saturated rings. The third-order valence-corrected chi connectivity index (χ3v) is 1.77. The minimum Gasteiger partial charge on any atom is -0.391 e. The van der Waals surface area contributed by atoms with Gasteiger partial charge in [-0.05, 0) is 19.1 Å². The number of guanidine groups is 1. The summed E-state index contributed by atoms with van der Waals surface area (Å²) in [5.41, 5.74) is 6.22. The van der Waals surface area contributed by atoms with Crippen LogP contribution in [0, 0.1) is 11.5 Å². The molecule has 84 valence electrons. The zero-order chi connectivity index (χ0) is 12.0. The molecular formula is C10H13N5O. The molecule has 16 heavy (non-hydrogen) atoms. The molecule has 0 aliphatic carbocycles. The molecule has 0 radical (unpaired) electrons. The van der Waals surface area contributed by atoms with Gasteiger partial charge in [0.05, 0.1) is 18.3 Å². The number of aliphatic hydroxyl groups excluding tert-OH is 1. The second-order valence-electron chi connectivity index (χ2n) is 3.19. The van der Waals surface area contributed by atoms with E-state index >= 15 is 0 Å². The molecule has 1 aromatic heterocycles. The molecule has 1 atom stereocenters. The molecule has 0 aliphatic rings. The van der Waals surface area contributed by atoms with Crippen LogP contribution in [0.25, 0.3) is 0 Å². The summed E-state index contributed by atoms with van der Waals surface area (Å²) in [5, 5.41) is 18.0. The van der Waals surface area contributed by atoms with Gasteiger partial charge in [0.15, 0.2) is 6.19 Å². The van der Waals surface area contributed by atoms with Crippen molar-refractivity contribution >= 4 is 11.6 Å². The number of anilines is 1. The number of rotatable bonds is 3. The average molecular weight is 219 g/mol. The van der Waals surface area contributed by atoms with E-state index in [4.69, 9.17) is 16.1 Å². The van der Waals surface area contributed by atoms with Crippen LogP contribution in [0.2, 0.25) is 0 Å². The maximum Gasteiger partial charge on any atom is 0.209 e. The van der Waals surface area contributed by atoms with Crippen LogP contribution >= 0.6 is 0 Å². The molecular weight excluding hydrogens is 206 g/mol. The monoisotopic (exact) mass is 219 g/mol. The van der Waals surface area contributed by atoms with Crippen molar-refractivity contribution < 1.29 is 5.11 Å². The van der Waals surface area contributed by atoms with Crippen molar-refractivity contribution in [3.8, 4) is 6.19 Å². The molecule has 3 N–H and O–H groups in total. The summed E-state index contributed by atoms with van der Waals surface area (Å²) in [4.78, 5) is 8.91. The van der Waals surface area contributed by atoms with E-state index in [1.807, 2.05) is 6.19 Å². The van der Waals surface area contributed by atoms with E-state index in [1.54, 1.807) is 31.5 Å². The first-order valence-electron chi connectivity index (χ1n) is 4.73. The van der Waals surface area contributed by atoms with Crippen molar-refractivity contribution in [1.82, 2.24) is 4.98 Å². The zero-order valence-electron chi connectivity index (χ0n) is 8.91. The van der Waals surface area contributed by atoms with Crippen molar-refractivity contribution in [2.24, 2.45) is 10.7 Å². The SMILES string of the molecule is CC(O)CN=C(N)N(C#N)c1ccncc1. The normalized spacial score (nSPS) is 12.9. The van der Waals surface area contributed by atoms with E-state index < -0.39 is 6.10 Å². The van der Waals surface area contributed by atoms with Crippen LogP contribution in [0.4, 0.5) is 5.69 Å². The highest BCUT2D eigenvalue weighted by Crippen LogP contribution is 2.10. The van der Waals surface area contributed by atoms with Gasteiger partial charge in [-0.3, -0.25) is 4.98 Å². The van der Waals surface area contributed by atoms with Crippen LogP contribution in [0.5, 0.6) is 0 Å². The van der Waals surface area contributed by atoms with Crippen LogP contribution in [0.15, 0.2) is 29.5 Å². The number of aliphatic hydroxyl groups is 1. The summed E-state index contributed by atoms with van der Waals surface area (Å²) in [6.45, 7) is 1.76. The van der Waals surface area contributed by atoms with Gasteiger partial charge >= 0.3 is 0 Å². The molecule has 1 unspecified atom stereocenters. The summed E-state index contributed by atoms with van der Waals surface area (Å²) in [6, 6.07) is 3.29. The average Bonchev–Trinajstić information content (AvgIpc) is 2.29. The Labute approximate surface area is 93.7 Å². The number of aliphatic imine (C=N–C) groups is 1. The highest BCUT2D eigenvalue weighted by Gasteiger charge is 2.09. The number of hydrogen-bond acceptors (Lipinski definition) is 4. The highest BCUT2D eigenvalue weighted by molar-refractivity contribution is 5.97. The number of aromatic nitrogens is 1. The summed E-state index contributed by atoms with van der Waals surface area (Å²) in [6.07, 6.45) is 4.44. The Bertz CT molecular complexity index is 395. The van der Waals surface area contributed by atoms with Gasteiger partial charge in [0.1, 0.15) is 0 Å². The molecule has 1 rings (SSSR count). The topological polar surface area (TPSA) is 98.5 Å². The molecule has 0 aliphatic heterocycles. The number of hydrogen-bond donors (Lipinski definition) is 2. The van der Waals surface area contributed by atoms with Crippen molar-refractivity contribution in [2.45, 2.75) is 13.0 Å². The number of nitrogens with zero attached hydrogens (tertiary/aromatic N) is 4. The molecule has 0 bridgehead atoms. The molecule has 1 heterocycles.